The molecule has 7 nitrogen and oxygen atoms in total. The number of carbonyl (C=O) groups excluding carboxylic acids is 3. The Morgan fingerprint density at radius 3 is 2.33 bits per heavy atom. The van der Waals surface area contributed by atoms with Gasteiger partial charge in [0.25, 0.3) is 5.91 Å². The quantitative estimate of drug-likeness (QED) is 0.654. The average molecular weight is 369 g/mol. The predicted octanol–water partition coefficient (Wildman–Crippen LogP) is 2.69. The molecule has 0 bridgehead atoms. The predicted molar refractivity (Wildman–Crippen MR) is 102 cm³/mol. The third-order valence-electron chi connectivity index (χ3n) is 3.48. The van der Waals surface area contributed by atoms with E-state index in [2.05, 4.69) is 16.0 Å². The van der Waals surface area contributed by atoms with Crippen molar-refractivity contribution in [3.05, 3.63) is 65.7 Å². The molecule has 0 aliphatic carbocycles. The van der Waals surface area contributed by atoms with E-state index in [0.29, 0.717) is 12.2 Å². The lowest BCUT2D eigenvalue weighted by molar-refractivity contribution is -0.124. The van der Waals surface area contributed by atoms with E-state index in [0.717, 1.165) is 5.56 Å². The Kier molecular flexibility index (Phi) is 7.37. The summed E-state index contributed by atoms with van der Waals surface area (Å²) in [5, 5.41) is 7.96. The summed E-state index contributed by atoms with van der Waals surface area (Å²) in [5.74, 6) is -1.10. The van der Waals surface area contributed by atoms with E-state index in [1.165, 1.54) is 6.07 Å². The van der Waals surface area contributed by atoms with Gasteiger partial charge in [0.1, 0.15) is 0 Å². The fraction of sp³-hybridized carbons (Fsp3) is 0.250. The second-order valence-electron chi connectivity index (χ2n) is 6.14. The van der Waals surface area contributed by atoms with Crippen LogP contribution < -0.4 is 16.0 Å². The highest BCUT2D eigenvalue weighted by molar-refractivity contribution is 6.01. The summed E-state index contributed by atoms with van der Waals surface area (Å²) in [6, 6.07) is 15.4. The Balaban J connectivity index is 1.88. The number of rotatable bonds is 7. The Morgan fingerprint density at radius 2 is 1.63 bits per heavy atom. The number of para-hydroxylation sites is 1. The lowest BCUT2D eigenvalue weighted by Crippen LogP contribution is -2.34. The molecule has 0 radical (unpaired) electrons. The van der Waals surface area contributed by atoms with Crippen molar-refractivity contribution >= 4 is 23.6 Å². The van der Waals surface area contributed by atoms with Crippen LogP contribution in [0.3, 0.4) is 0 Å². The van der Waals surface area contributed by atoms with Crippen LogP contribution in [0.2, 0.25) is 0 Å². The Labute approximate surface area is 158 Å². The van der Waals surface area contributed by atoms with Crippen LogP contribution >= 0.6 is 0 Å². The third-order valence-corrected chi connectivity index (χ3v) is 3.48. The highest BCUT2D eigenvalue weighted by Crippen LogP contribution is 2.16. The number of carbonyl (C=O) groups is 3. The SMILES string of the molecule is CC(C)NC(=O)Nc1ccccc1C(=O)OCC(=O)NCc1ccccc1. The molecule has 0 atom stereocenters. The van der Waals surface area contributed by atoms with E-state index in [1.54, 1.807) is 18.2 Å². The van der Waals surface area contributed by atoms with Crippen LogP contribution in [-0.2, 0) is 16.1 Å². The third kappa shape index (κ3) is 6.81. The van der Waals surface area contributed by atoms with Gasteiger partial charge in [0, 0.05) is 12.6 Å². The molecule has 0 spiro atoms. The number of nitrogens with one attached hydrogen (secondary N) is 3. The molecule has 27 heavy (non-hydrogen) atoms. The number of hydrogen-bond acceptors (Lipinski definition) is 4. The van der Waals surface area contributed by atoms with Crippen molar-refractivity contribution < 1.29 is 19.1 Å². The molecule has 0 heterocycles. The van der Waals surface area contributed by atoms with Gasteiger partial charge in [-0.1, -0.05) is 42.5 Å². The van der Waals surface area contributed by atoms with Crippen LogP contribution in [0.15, 0.2) is 54.6 Å². The van der Waals surface area contributed by atoms with Crippen molar-refractivity contribution in [2.24, 2.45) is 0 Å². The summed E-state index contributed by atoms with van der Waals surface area (Å²) < 4.78 is 5.06. The number of anilines is 1. The highest BCUT2D eigenvalue weighted by Gasteiger charge is 2.16. The molecular weight excluding hydrogens is 346 g/mol. The maximum absolute atomic E-state index is 12.3. The fourth-order valence-electron chi connectivity index (χ4n) is 2.25. The zero-order valence-electron chi connectivity index (χ0n) is 15.3. The Bertz CT molecular complexity index is 791. The molecule has 2 aromatic carbocycles. The van der Waals surface area contributed by atoms with Crippen molar-refractivity contribution in [3.8, 4) is 0 Å². The van der Waals surface area contributed by atoms with Crippen molar-refractivity contribution in [2.75, 3.05) is 11.9 Å². The largest absolute Gasteiger partial charge is 0.452 e. The number of ether oxygens (including phenoxy) is 1. The van der Waals surface area contributed by atoms with Crippen LogP contribution in [-0.4, -0.2) is 30.6 Å². The Hall–Kier alpha value is -3.35. The smallest absolute Gasteiger partial charge is 0.340 e. The van der Waals surface area contributed by atoms with E-state index < -0.39 is 24.5 Å². The molecule has 3 N–H and O–H groups in total. The number of benzene rings is 2. The molecule has 2 rings (SSSR count). The number of amides is 3. The van der Waals surface area contributed by atoms with Gasteiger partial charge >= 0.3 is 12.0 Å². The molecule has 0 unspecified atom stereocenters. The van der Waals surface area contributed by atoms with Gasteiger partial charge in [-0.2, -0.15) is 0 Å². The summed E-state index contributed by atoms with van der Waals surface area (Å²) >= 11 is 0. The maximum atomic E-state index is 12.3. The minimum atomic E-state index is -0.690. The number of urea groups is 1. The molecule has 0 aliphatic heterocycles. The monoisotopic (exact) mass is 369 g/mol. The first-order valence-electron chi connectivity index (χ1n) is 8.60. The summed E-state index contributed by atoms with van der Waals surface area (Å²) in [4.78, 5) is 36.0. The van der Waals surface area contributed by atoms with Crippen molar-refractivity contribution in [1.82, 2.24) is 10.6 Å². The first-order valence-corrected chi connectivity index (χ1v) is 8.60. The average Bonchev–Trinajstić information content (AvgIpc) is 2.65. The molecule has 142 valence electrons. The molecule has 0 fully saturated rings. The molecule has 7 heteroatoms. The molecule has 2 aromatic rings. The van der Waals surface area contributed by atoms with Crippen LogP contribution in [0.1, 0.15) is 29.8 Å². The van der Waals surface area contributed by atoms with Gasteiger partial charge in [0.05, 0.1) is 11.3 Å². The van der Waals surface area contributed by atoms with Crippen LogP contribution in [0.5, 0.6) is 0 Å². The van der Waals surface area contributed by atoms with Gasteiger partial charge < -0.3 is 20.7 Å². The number of hydrogen-bond donors (Lipinski definition) is 3. The van der Waals surface area contributed by atoms with Crippen molar-refractivity contribution in [3.63, 3.8) is 0 Å². The van der Waals surface area contributed by atoms with E-state index in [1.807, 2.05) is 44.2 Å². The minimum absolute atomic E-state index is 0.0441. The molecule has 0 aromatic heterocycles. The molecule has 0 aliphatic rings. The van der Waals surface area contributed by atoms with Crippen molar-refractivity contribution in [1.29, 1.82) is 0 Å². The zero-order chi connectivity index (χ0) is 19.6. The Morgan fingerprint density at radius 1 is 0.963 bits per heavy atom. The summed E-state index contributed by atoms with van der Waals surface area (Å²) in [6.45, 7) is 3.60. The number of esters is 1. The topological polar surface area (TPSA) is 96.5 Å². The minimum Gasteiger partial charge on any atom is -0.452 e. The molecule has 3 amide bonds. The first-order chi connectivity index (χ1) is 13.0. The molecular formula is C20H23N3O4. The van der Waals surface area contributed by atoms with E-state index in [9.17, 15) is 14.4 Å². The van der Waals surface area contributed by atoms with E-state index >= 15 is 0 Å². The van der Waals surface area contributed by atoms with Gasteiger partial charge in [0.2, 0.25) is 0 Å². The first kappa shape index (κ1) is 20.0. The standard InChI is InChI=1S/C20H23N3O4/c1-14(2)22-20(26)23-17-11-7-6-10-16(17)19(25)27-13-18(24)21-12-15-8-4-3-5-9-15/h3-11,14H,12-13H2,1-2H3,(H,21,24)(H2,22,23,26). The van der Waals surface area contributed by atoms with E-state index in [4.69, 9.17) is 4.74 Å². The normalized spacial score (nSPS) is 10.2. The second-order valence-corrected chi connectivity index (χ2v) is 6.14. The zero-order valence-corrected chi connectivity index (χ0v) is 15.3. The summed E-state index contributed by atoms with van der Waals surface area (Å²) in [5.41, 5.74) is 1.43. The summed E-state index contributed by atoms with van der Waals surface area (Å²) in [6.07, 6.45) is 0. The van der Waals surface area contributed by atoms with Crippen molar-refractivity contribution in [2.45, 2.75) is 26.4 Å². The maximum Gasteiger partial charge on any atom is 0.340 e. The van der Waals surface area contributed by atoms with Gasteiger partial charge in [0.15, 0.2) is 6.61 Å². The fourth-order valence-corrected chi connectivity index (χ4v) is 2.25. The summed E-state index contributed by atoms with van der Waals surface area (Å²) in [7, 11) is 0. The van der Waals surface area contributed by atoms with Crippen LogP contribution in [0, 0.1) is 0 Å². The molecule has 0 saturated heterocycles. The van der Waals surface area contributed by atoms with Crippen LogP contribution in [0.4, 0.5) is 10.5 Å². The van der Waals surface area contributed by atoms with Crippen LogP contribution in [0.25, 0.3) is 0 Å². The second kappa shape index (κ2) is 9.96. The highest BCUT2D eigenvalue weighted by atomic mass is 16.5. The van der Waals surface area contributed by atoms with E-state index in [-0.39, 0.29) is 11.6 Å². The lowest BCUT2D eigenvalue weighted by atomic mass is 10.2. The lowest BCUT2D eigenvalue weighted by Gasteiger charge is -2.13. The van der Waals surface area contributed by atoms with Gasteiger partial charge in [-0.15, -0.1) is 0 Å². The molecule has 0 saturated carbocycles. The van der Waals surface area contributed by atoms with Gasteiger partial charge in [-0.25, -0.2) is 9.59 Å². The van der Waals surface area contributed by atoms with Gasteiger partial charge in [-0.3, -0.25) is 4.79 Å². The van der Waals surface area contributed by atoms with Gasteiger partial charge in [-0.05, 0) is 31.5 Å².